The number of hydrogen-bond donors (Lipinski definition) is 2. The Morgan fingerprint density at radius 2 is 1.21 bits per heavy atom. The molecule has 1 aliphatic heterocycles. The second kappa shape index (κ2) is 12.8. The lowest BCUT2D eigenvalue weighted by Crippen LogP contribution is -2.44. The van der Waals surface area contributed by atoms with Gasteiger partial charge >= 0.3 is 0 Å². The number of rotatable bonds is 5. The van der Waals surface area contributed by atoms with Crippen molar-refractivity contribution in [1.82, 2.24) is 15.2 Å². The molecule has 0 spiro atoms. The van der Waals surface area contributed by atoms with Gasteiger partial charge in [0.05, 0.1) is 16.7 Å². The van der Waals surface area contributed by atoms with E-state index in [1.54, 1.807) is 0 Å². The zero-order valence-electron chi connectivity index (χ0n) is 30.7. The quantitative estimate of drug-likeness (QED) is 0.184. The minimum Gasteiger partial charge on any atom is -0.456 e. The van der Waals surface area contributed by atoms with Crippen LogP contribution in [0.15, 0.2) is 191 Å². The Hall–Kier alpha value is -6.99. The molecule has 0 aliphatic carbocycles. The molecule has 0 saturated carbocycles. The number of thiophene rings is 1. The lowest BCUT2D eigenvalue weighted by Gasteiger charge is -2.32. The minimum absolute atomic E-state index is 0.128. The summed E-state index contributed by atoms with van der Waals surface area (Å²) in [6.07, 6.45) is -0.449. The third kappa shape index (κ3) is 5.15. The first kappa shape index (κ1) is 32.3. The van der Waals surface area contributed by atoms with Crippen molar-refractivity contribution in [3.63, 3.8) is 0 Å². The predicted octanol–water partition coefficient (Wildman–Crippen LogP) is 13.1. The molecule has 2 atom stereocenters. The summed E-state index contributed by atoms with van der Waals surface area (Å²) in [6, 6.07) is 64.9. The van der Waals surface area contributed by atoms with Crippen molar-refractivity contribution in [3.05, 3.63) is 199 Å². The van der Waals surface area contributed by atoms with E-state index < -0.39 is 0 Å². The maximum absolute atomic E-state index is 6.70. The highest BCUT2D eigenvalue weighted by Crippen LogP contribution is 2.43. The fraction of sp³-hybridized carbons (Fsp3) is 0.0392. The standard InChI is InChI=1S/C51H34N4OS/c1-3-13-31(14-4-1)49-52-50(32-15-5-2-6-16-32)54-51(53-49)39-20-11-19-37-40-29-33(26-28-44(40)56-48(37)39)34-25-27-38-46(30-34)57-45-24-12-23-43(47(38)45)55-41-21-9-7-17-35(41)36-18-8-10-22-42(36)55/h1-30,49,51,53H,(H,52,54). The van der Waals surface area contributed by atoms with Gasteiger partial charge in [-0.2, -0.15) is 0 Å². The molecule has 11 aromatic rings. The molecule has 1 aliphatic rings. The number of nitrogens with zero attached hydrogens (tertiary/aromatic N) is 2. The largest absolute Gasteiger partial charge is 0.456 e. The topological polar surface area (TPSA) is 54.5 Å². The Labute approximate surface area is 332 Å². The van der Waals surface area contributed by atoms with E-state index in [1.807, 2.05) is 23.5 Å². The summed E-state index contributed by atoms with van der Waals surface area (Å²) >= 11 is 1.86. The second-order valence-electron chi connectivity index (χ2n) is 14.8. The van der Waals surface area contributed by atoms with E-state index in [1.165, 1.54) is 53.2 Å². The molecule has 5 nitrogen and oxygen atoms in total. The Morgan fingerprint density at radius 1 is 0.526 bits per heavy atom. The molecule has 12 rings (SSSR count). The number of benzene rings is 8. The van der Waals surface area contributed by atoms with Crippen LogP contribution in [0.1, 0.15) is 29.0 Å². The summed E-state index contributed by atoms with van der Waals surface area (Å²) in [7, 11) is 0. The van der Waals surface area contributed by atoms with Gasteiger partial charge in [0.15, 0.2) is 0 Å². The Morgan fingerprint density at radius 3 is 2.02 bits per heavy atom. The van der Waals surface area contributed by atoms with Gasteiger partial charge in [-0.25, -0.2) is 4.99 Å². The van der Waals surface area contributed by atoms with Crippen LogP contribution in [0.2, 0.25) is 0 Å². The molecule has 2 unspecified atom stereocenters. The minimum atomic E-state index is -0.321. The molecule has 6 heteroatoms. The van der Waals surface area contributed by atoms with Crippen LogP contribution in [-0.4, -0.2) is 10.4 Å². The first-order valence-electron chi connectivity index (χ1n) is 19.4. The number of aromatic nitrogens is 1. The van der Waals surface area contributed by atoms with Gasteiger partial charge < -0.3 is 14.3 Å². The molecule has 0 bridgehead atoms. The van der Waals surface area contributed by atoms with E-state index in [2.05, 4.69) is 185 Å². The van der Waals surface area contributed by atoms with Crippen LogP contribution < -0.4 is 10.6 Å². The molecule has 8 aromatic carbocycles. The lowest BCUT2D eigenvalue weighted by atomic mass is 10.00. The Bertz CT molecular complexity index is 3320. The number of hydrogen-bond acceptors (Lipinski definition) is 5. The van der Waals surface area contributed by atoms with Crippen LogP contribution in [0.5, 0.6) is 0 Å². The van der Waals surface area contributed by atoms with Crippen LogP contribution in [0.4, 0.5) is 0 Å². The summed E-state index contributed by atoms with van der Waals surface area (Å²) in [4.78, 5) is 5.22. The highest BCUT2D eigenvalue weighted by Gasteiger charge is 2.28. The average molecular weight is 751 g/mol. The van der Waals surface area contributed by atoms with Crippen molar-refractivity contribution in [1.29, 1.82) is 0 Å². The highest BCUT2D eigenvalue weighted by atomic mass is 32.1. The van der Waals surface area contributed by atoms with Crippen molar-refractivity contribution in [3.8, 4) is 16.8 Å². The fourth-order valence-corrected chi connectivity index (χ4v) is 10.0. The van der Waals surface area contributed by atoms with Crippen molar-refractivity contribution >= 4 is 81.1 Å². The van der Waals surface area contributed by atoms with Crippen molar-refractivity contribution in [2.75, 3.05) is 0 Å². The second-order valence-corrected chi connectivity index (χ2v) is 15.9. The molecule has 0 radical (unpaired) electrons. The van der Waals surface area contributed by atoms with Crippen LogP contribution >= 0.6 is 11.3 Å². The van der Waals surface area contributed by atoms with E-state index in [0.29, 0.717) is 0 Å². The number of fused-ring (bicyclic) bond motifs is 9. The van der Waals surface area contributed by atoms with Gasteiger partial charge in [-0.1, -0.05) is 140 Å². The SMILES string of the molecule is c1ccc(C2=NC(c3cccc4c3oc3ccc(-c5ccc6c(c5)sc5cccc(-n7c8ccccc8c8ccccc87)c56)cc34)NC(c3ccccc3)N2)cc1. The maximum atomic E-state index is 6.70. The predicted molar refractivity (Wildman–Crippen MR) is 238 cm³/mol. The fourth-order valence-electron chi connectivity index (χ4n) is 8.85. The first-order chi connectivity index (χ1) is 28.2. The molecule has 0 fully saturated rings. The van der Waals surface area contributed by atoms with E-state index in [4.69, 9.17) is 9.41 Å². The number of nitrogens with one attached hydrogen (secondary N) is 2. The van der Waals surface area contributed by atoms with E-state index >= 15 is 0 Å². The maximum Gasteiger partial charge on any atom is 0.142 e. The summed E-state index contributed by atoms with van der Waals surface area (Å²) in [5, 5.41) is 14.7. The normalized spacial score (nSPS) is 15.9. The summed E-state index contributed by atoms with van der Waals surface area (Å²) < 4.78 is 11.7. The van der Waals surface area contributed by atoms with Gasteiger partial charge in [0.2, 0.25) is 0 Å². The molecule has 2 N–H and O–H groups in total. The number of furan rings is 1. The van der Waals surface area contributed by atoms with Crippen molar-refractivity contribution in [2.24, 2.45) is 4.99 Å². The zero-order chi connectivity index (χ0) is 37.5. The van der Waals surface area contributed by atoms with Gasteiger partial charge in [0.25, 0.3) is 0 Å². The molecular weight excluding hydrogens is 717 g/mol. The summed E-state index contributed by atoms with van der Waals surface area (Å²) in [5.41, 5.74) is 10.9. The summed E-state index contributed by atoms with van der Waals surface area (Å²) in [6.45, 7) is 0. The van der Waals surface area contributed by atoms with Crippen LogP contribution in [0, 0.1) is 0 Å². The molecular formula is C51H34N4OS. The van der Waals surface area contributed by atoms with E-state index in [9.17, 15) is 0 Å². The van der Waals surface area contributed by atoms with Gasteiger partial charge in [-0.15, -0.1) is 11.3 Å². The average Bonchev–Trinajstić information content (AvgIpc) is 3.96. The smallest absolute Gasteiger partial charge is 0.142 e. The van der Waals surface area contributed by atoms with Gasteiger partial charge in [0.1, 0.15) is 29.3 Å². The van der Waals surface area contributed by atoms with Gasteiger partial charge in [-0.05, 0) is 59.2 Å². The van der Waals surface area contributed by atoms with Crippen LogP contribution in [0.3, 0.4) is 0 Å². The van der Waals surface area contributed by atoms with E-state index in [-0.39, 0.29) is 12.3 Å². The Balaban J connectivity index is 0.958. The lowest BCUT2D eigenvalue weighted by molar-refractivity contribution is 0.408. The number of aliphatic imine (C=N–C) groups is 1. The zero-order valence-corrected chi connectivity index (χ0v) is 31.5. The van der Waals surface area contributed by atoms with Crippen molar-refractivity contribution in [2.45, 2.75) is 12.3 Å². The van der Waals surface area contributed by atoms with Crippen molar-refractivity contribution < 1.29 is 4.42 Å². The van der Waals surface area contributed by atoms with Crippen LogP contribution in [-0.2, 0) is 0 Å². The molecule has 3 aromatic heterocycles. The molecule has 57 heavy (non-hydrogen) atoms. The first-order valence-corrected chi connectivity index (χ1v) is 20.2. The third-order valence-electron chi connectivity index (χ3n) is 11.5. The molecule has 4 heterocycles. The monoisotopic (exact) mass is 750 g/mol. The number of amidine groups is 1. The van der Waals surface area contributed by atoms with E-state index in [0.717, 1.165) is 50.0 Å². The third-order valence-corrected chi connectivity index (χ3v) is 12.6. The van der Waals surface area contributed by atoms with Gasteiger partial charge in [0, 0.05) is 52.8 Å². The van der Waals surface area contributed by atoms with Gasteiger partial charge in [-0.3, -0.25) is 5.32 Å². The highest BCUT2D eigenvalue weighted by molar-refractivity contribution is 7.26. The molecule has 270 valence electrons. The summed E-state index contributed by atoms with van der Waals surface area (Å²) in [5.74, 6) is 0.849. The Kier molecular flexibility index (Phi) is 7.24. The number of para-hydroxylation sites is 3. The molecule has 0 amide bonds. The molecule has 0 saturated heterocycles. The van der Waals surface area contributed by atoms with Crippen LogP contribution in [0.25, 0.3) is 80.7 Å².